The topological polar surface area (TPSA) is 58.6 Å². The van der Waals surface area contributed by atoms with Gasteiger partial charge in [-0.25, -0.2) is 4.79 Å². The molecule has 3 aliphatic heterocycles. The molecule has 2 amide bonds. The SMILES string of the molecule is O=C([C@@H]1CCC[N+](C(=O)c2cc(-c3ccccc3)cc(-c3ccccc3)c2)(C2CCNCC2)C1)N1CCOCC1. The standard InChI is InChI=1S/C34H40N3O3/c38-33(36-17-20-40-21-18-36)28-12-7-19-37(25-28,32-13-15-35-16-14-32)34(39)31-23-29(26-8-3-1-4-9-26)22-30(24-31)27-10-5-2-6-11-27/h1-6,8-11,22-24,28,32,35H,7,12-21,25H2/q+1/t28-,37?/m1/s1. The molecule has 3 fully saturated rings. The summed E-state index contributed by atoms with van der Waals surface area (Å²) in [5.41, 5.74) is 5.04. The van der Waals surface area contributed by atoms with Crippen molar-refractivity contribution in [2.24, 2.45) is 5.92 Å². The van der Waals surface area contributed by atoms with E-state index in [1.54, 1.807) is 0 Å². The van der Waals surface area contributed by atoms with Crippen molar-refractivity contribution in [1.29, 1.82) is 0 Å². The summed E-state index contributed by atoms with van der Waals surface area (Å²) < 4.78 is 5.89. The maximum atomic E-state index is 14.9. The molecule has 40 heavy (non-hydrogen) atoms. The number of nitrogens with zero attached hydrogens (tertiary/aromatic N) is 2. The Balaban J connectivity index is 1.41. The van der Waals surface area contributed by atoms with Gasteiger partial charge in [-0.05, 0) is 53.3 Å². The van der Waals surface area contributed by atoms with E-state index in [1.807, 2.05) is 41.3 Å². The van der Waals surface area contributed by atoms with Gasteiger partial charge < -0.3 is 15.0 Å². The number of hydrogen-bond donors (Lipinski definition) is 1. The van der Waals surface area contributed by atoms with Crippen molar-refractivity contribution in [3.05, 3.63) is 84.4 Å². The minimum absolute atomic E-state index is 0.128. The van der Waals surface area contributed by atoms with Gasteiger partial charge >= 0.3 is 5.91 Å². The maximum absolute atomic E-state index is 14.9. The van der Waals surface area contributed by atoms with Crippen molar-refractivity contribution in [2.75, 3.05) is 52.5 Å². The molecule has 0 spiro atoms. The molecule has 6 nitrogen and oxygen atoms in total. The zero-order chi connectivity index (χ0) is 27.4. The fraction of sp³-hybridized carbons (Fsp3) is 0.412. The van der Waals surface area contributed by atoms with Crippen LogP contribution in [0.2, 0.25) is 0 Å². The van der Waals surface area contributed by atoms with Gasteiger partial charge in [-0.2, -0.15) is 0 Å². The van der Waals surface area contributed by atoms with Gasteiger partial charge in [0.1, 0.15) is 0 Å². The van der Waals surface area contributed by atoms with Crippen LogP contribution < -0.4 is 5.32 Å². The Labute approximate surface area is 237 Å². The number of nitrogens with one attached hydrogen (secondary N) is 1. The number of piperidine rings is 2. The molecule has 6 rings (SSSR count). The van der Waals surface area contributed by atoms with Crippen LogP contribution in [-0.2, 0) is 9.53 Å². The second-order valence-corrected chi connectivity index (χ2v) is 11.5. The summed E-state index contributed by atoms with van der Waals surface area (Å²) in [5, 5.41) is 3.49. The Morgan fingerprint density at radius 3 is 1.98 bits per heavy atom. The number of hydrogen-bond acceptors (Lipinski definition) is 4. The maximum Gasteiger partial charge on any atom is 0.346 e. The monoisotopic (exact) mass is 538 g/mol. The van der Waals surface area contributed by atoms with Gasteiger partial charge in [0, 0.05) is 39.0 Å². The number of rotatable bonds is 5. The van der Waals surface area contributed by atoms with Gasteiger partial charge in [0.25, 0.3) is 0 Å². The third-order valence-corrected chi connectivity index (χ3v) is 9.13. The quantitative estimate of drug-likeness (QED) is 0.465. The second kappa shape index (κ2) is 12.0. The predicted octanol–water partition coefficient (Wildman–Crippen LogP) is 5.00. The molecule has 0 saturated carbocycles. The first-order chi connectivity index (χ1) is 19.6. The van der Waals surface area contributed by atoms with Crippen molar-refractivity contribution in [3.63, 3.8) is 0 Å². The van der Waals surface area contributed by atoms with Crippen LogP contribution in [0, 0.1) is 5.92 Å². The predicted molar refractivity (Wildman–Crippen MR) is 158 cm³/mol. The average Bonchev–Trinajstić information content (AvgIpc) is 3.05. The van der Waals surface area contributed by atoms with Crippen molar-refractivity contribution in [3.8, 4) is 22.3 Å². The van der Waals surface area contributed by atoms with Gasteiger partial charge in [-0.3, -0.25) is 9.28 Å². The van der Waals surface area contributed by atoms with Crippen LogP contribution in [0.4, 0.5) is 0 Å². The van der Waals surface area contributed by atoms with Crippen molar-refractivity contribution in [1.82, 2.24) is 10.2 Å². The minimum atomic E-state index is -0.128. The van der Waals surface area contributed by atoms with E-state index in [0.29, 0.717) is 37.3 Å². The van der Waals surface area contributed by atoms with Gasteiger partial charge in [-0.1, -0.05) is 60.7 Å². The normalized spacial score (nSPS) is 24.0. The molecule has 2 atom stereocenters. The van der Waals surface area contributed by atoms with Gasteiger partial charge in [-0.15, -0.1) is 0 Å². The van der Waals surface area contributed by atoms with Gasteiger partial charge in [0.05, 0.1) is 43.8 Å². The van der Waals surface area contributed by atoms with E-state index in [-0.39, 0.29) is 23.8 Å². The van der Waals surface area contributed by atoms with Crippen LogP contribution in [0.25, 0.3) is 22.3 Å². The number of carbonyl (C=O) groups excluding carboxylic acids is 2. The zero-order valence-electron chi connectivity index (χ0n) is 23.3. The molecule has 3 aromatic rings. The molecule has 0 radical (unpaired) electrons. The lowest BCUT2D eigenvalue weighted by molar-refractivity contribution is -0.883. The third-order valence-electron chi connectivity index (χ3n) is 9.13. The molecule has 208 valence electrons. The van der Waals surface area contributed by atoms with Crippen LogP contribution in [0.5, 0.6) is 0 Å². The lowest BCUT2D eigenvalue weighted by Crippen LogP contribution is -2.66. The fourth-order valence-electron chi connectivity index (χ4n) is 7.02. The van der Waals surface area contributed by atoms with E-state index < -0.39 is 0 Å². The third kappa shape index (κ3) is 5.49. The summed E-state index contributed by atoms with van der Waals surface area (Å²) in [6, 6.07) is 27.2. The molecule has 3 aliphatic rings. The molecule has 3 saturated heterocycles. The summed E-state index contributed by atoms with van der Waals surface area (Å²) in [6.45, 7) is 5.72. The lowest BCUT2D eigenvalue weighted by atomic mass is 9.87. The molecule has 0 bridgehead atoms. The number of benzene rings is 3. The van der Waals surface area contributed by atoms with Crippen molar-refractivity contribution < 1.29 is 18.8 Å². The molecular weight excluding hydrogens is 498 g/mol. The Morgan fingerprint density at radius 2 is 1.38 bits per heavy atom. The Morgan fingerprint density at radius 1 is 0.775 bits per heavy atom. The van der Waals surface area contributed by atoms with E-state index in [9.17, 15) is 9.59 Å². The van der Waals surface area contributed by atoms with Gasteiger partial charge in [0.15, 0.2) is 0 Å². The van der Waals surface area contributed by atoms with E-state index in [1.165, 1.54) is 0 Å². The van der Waals surface area contributed by atoms with Crippen molar-refractivity contribution >= 4 is 11.8 Å². The first-order valence-corrected chi connectivity index (χ1v) is 14.9. The number of quaternary nitrogens is 1. The van der Waals surface area contributed by atoms with E-state index in [0.717, 1.165) is 73.1 Å². The van der Waals surface area contributed by atoms with Crippen LogP contribution in [-0.4, -0.2) is 79.7 Å². The highest BCUT2D eigenvalue weighted by atomic mass is 16.5. The first kappa shape index (κ1) is 26.9. The lowest BCUT2D eigenvalue weighted by Gasteiger charge is -2.48. The van der Waals surface area contributed by atoms with Crippen LogP contribution in [0.1, 0.15) is 36.0 Å². The Kier molecular flexibility index (Phi) is 8.10. The highest BCUT2D eigenvalue weighted by Crippen LogP contribution is 2.36. The summed E-state index contributed by atoms with van der Waals surface area (Å²) in [6.07, 6.45) is 3.65. The second-order valence-electron chi connectivity index (χ2n) is 11.5. The number of morpholine rings is 1. The molecule has 3 heterocycles. The molecular formula is C34H40N3O3+. The number of carbonyl (C=O) groups is 2. The summed E-state index contributed by atoms with van der Waals surface area (Å²) in [4.78, 5) is 30.6. The number of ether oxygens (including phenoxy) is 1. The van der Waals surface area contributed by atoms with Crippen LogP contribution in [0.15, 0.2) is 78.9 Å². The molecule has 0 aliphatic carbocycles. The molecule has 1 N–H and O–H groups in total. The number of amides is 2. The summed E-state index contributed by atoms with van der Waals surface area (Å²) >= 11 is 0. The zero-order valence-corrected chi connectivity index (χ0v) is 23.3. The average molecular weight is 539 g/mol. The number of likely N-dealkylation sites (tertiary alicyclic amines) is 1. The van der Waals surface area contributed by atoms with Gasteiger partial charge in [0.2, 0.25) is 5.91 Å². The highest BCUT2D eigenvalue weighted by molar-refractivity contribution is 5.93. The first-order valence-electron chi connectivity index (χ1n) is 14.9. The molecule has 1 unspecified atom stereocenters. The Hall–Kier alpha value is -3.32. The Bertz CT molecular complexity index is 1260. The molecule has 6 heteroatoms. The van der Waals surface area contributed by atoms with E-state index >= 15 is 0 Å². The minimum Gasteiger partial charge on any atom is -0.378 e. The summed E-state index contributed by atoms with van der Waals surface area (Å²) in [5.74, 6) is 0.244. The van der Waals surface area contributed by atoms with Crippen LogP contribution in [0.3, 0.4) is 0 Å². The van der Waals surface area contributed by atoms with E-state index in [2.05, 4.69) is 47.8 Å². The van der Waals surface area contributed by atoms with Crippen LogP contribution >= 0.6 is 0 Å². The molecule has 3 aromatic carbocycles. The largest absolute Gasteiger partial charge is 0.378 e. The van der Waals surface area contributed by atoms with Crippen molar-refractivity contribution in [2.45, 2.75) is 31.7 Å². The summed E-state index contributed by atoms with van der Waals surface area (Å²) in [7, 11) is 0. The highest BCUT2D eigenvalue weighted by Gasteiger charge is 2.50. The van der Waals surface area contributed by atoms with E-state index in [4.69, 9.17) is 4.74 Å². The molecule has 0 aromatic heterocycles. The smallest absolute Gasteiger partial charge is 0.346 e. The fourth-order valence-corrected chi connectivity index (χ4v) is 7.02.